The van der Waals surface area contributed by atoms with Gasteiger partial charge < -0.3 is 10.2 Å². The molecule has 0 atom stereocenters. The quantitative estimate of drug-likeness (QED) is 0.874. The molecule has 0 saturated carbocycles. The van der Waals surface area contributed by atoms with Gasteiger partial charge in [-0.2, -0.15) is 0 Å². The molecule has 1 aliphatic rings. The zero-order valence-electron chi connectivity index (χ0n) is 11.9. The van der Waals surface area contributed by atoms with E-state index >= 15 is 0 Å². The van der Waals surface area contributed by atoms with Crippen LogP contribution in [0.5, 0.6) is 0 Å². The maximum absolute atomic E-state index is 12.6. The van der Waals surface area contributed by atoms with E-state index in [1.807, 2.05) is 11.8 Å². The predicted molar refractivity (Wildman–Crippen MR) is 74.2 cm³/mol. The molecule has 1 aliphatic heterocycles. The number of aryl methyl sites for hydroxylation is 1. The van der Waals surface area contributed by atoms with E-state index in [-0.39, 0.29) is 11.8 Å². The van der Waals surface area contributed by atoms with Crippen LogP contribution < -0.4 is 5.32 Å². The maximum atomic E-state index is 12.6. The summed E-state index contributed by atoms with van der Waals surface area (Å²) in [5.41, 5.74) is 1.51. The van der Waals surface area contributed by atoms with Crippen LogP contribution in [0.2, 0.25) is 0 Å². The molecular formula is C14H22N4O. The summed E-state index contributed by atoms with van der Waals surface area (Å²) in [5.74, 6) is 1.01. The summed E-state index contributed by atoms with van der Waals surface area (Å²) in [5, 5.41) is 3.30. The van der Waals surface area contributed by atoms with Gasteiger partial charge in [0, 0.05) is 25.8 Å². The largest absolute Gasteiger partial charge is 0.337 e. The average Bonchev–Trinajstić information content (AvgIpc) is 2.66. The van der Waals surface area contributed by atoms with Crippen LogP contribution in [-0.4, -0.2) is 47.0 Å². The summed E-state index contributed by atoms with van der Waals surface area (Å²) in [6.45, 7) is 9.36. The molecule has 0 unspecified atom stereocenters. The average molecular weight is 262 g/mol. The lowest BCUT2D eigenvalue weighted by Crippen LogP contribution is -2.35. The lowest BCUT2D eigenvalue weighted by Gasteiger charge is -2.21. The second kappa shape index (κ2) is 6.10. The van der Waals surface area contributed by atoms with Crippen molar-refractivity contribution in [3.8, 4) is 0 Å². The molecule has 0 bridgehead atoms. The van der Waals surface area contributed by atoms with Gasteiger partial charge in [-0.3, -0.25) is 4.79 Å². The van der Waals surface area contributed by atoms with E-state index < -0.39 is 0 Å². The third kappa shape index (κ3) is 3.29. The van der Waals surface area contributed by atoms with Gasteiger partial charge in [-0.1, -0.05) is 13.8 Å². The van der Waals surface area contributed by atoms with Crippen LogP contribution in [0.15, 0.2) is 6.20 Å². The Labute approximate surface area is 114 Å². The number of hydrogen-bond donors (Lipinski definition) is 1. The van der Waals surface area contributed by atoms with Crippen LogP contribution in [-0.2, 0) is 0 Å². The topological polar surface area (TPSA) is 58.1 Å². The fraction of sp³-hybridized carbons (Fsp3) is 0.643. The number of nitrogens with zero attached hydrogens (tertiary/aromatic N) is 3. The molecule has 1 aromatic rings. The molecule has 1 saturated heterocycles. The molecule has 1 aromatic heterocycles. The lowest BCUT2D eigenvalue weighted by atomic mass is 10.0. The van der Waals surface area contributed by atoms with Crippen molar-refractivity contribution < 1.29 is 4.79 Å². The molecule has 19 heavy (non-hydrogen) atoms. The highest BCUT2D eigenvalue weighted by Gasteiger charge is 2.22. The summed E-state index contributed by atoms with van der Waals surface area (Å²) in [6.07, 6.45) is 2.67. The Balaban J connectivity index is 2.27. The van der Waals surface area contributed by atoms with Crippen molar-refractivity contribution in [3.63, 3.8) is 0 Å². The fourth-order valence-electron chi connectivity index (χ4n) is 2.31. The highest BCUT2D eigenvalue weighted by atomic mass is 16.2. The van der Waals surface area contributed by atoms with E-state index in [9.17, 15) is 4.79 Å². The molecule has 2 rings (SSSR count). The van der Waals surface area contributed by atoms with E-state index in [2.05, 4.69) is 29.1 Å². The predicted octanol–water partition coefficient (Wildman–Crippen LogP) is 1.34. The van der Waals surface area contributed by atoms with Gasteiger partial charge in [-0.15, -0.1) is 0 Å². The lowest BCUT2D eigenvalue weighted by molar-refractivity contribution is 0.0763. The molecule has 1 amide bonds. The van der Waals surface area contributed by atoms with Gasteiger partial charge in [0.2, 0.25) is 0 Å². The van der Waals surface area contributed by atoms with Gasteiger partial charge in [-0.05, 0) is 25.8 Å². The van der Waals surface area contributed by atoms with Crippen molar-refractivity contribution in [2.75, 3.05) is 26.2 Å². The minimum atomic E-state index is 0.0624. The van der Waals surface area contributed by atoms with Crippen LogP contribution in [0.25, 0.3) is 0 Å². The van der Waals surface area contributed by atoms with Crippen molar-refractivity contribution in [2.24, 2.45) is 0 Å². The Bertz CT molecular complexity index is 451. The van der Waals surface area contributed by atoms with Crippen LogP contribution in [0, 0.1) is 6.92 Å². The first-order valence-electron chi connectivity index (χ1n) is 6.93. The first-order valence-corrected chi connectivity index (χ1v) is 6.93. The van der Waals surface area contributed by atoms with E-state index in [1.54, 1.807) is 6.20 Å². The first kappa shape index (κ1) is 13.9. The molecule has 5 heteroatoms. The fourth-order valence-corrected chi connectivity index (χ4v) is 2.31. The Morgan fingerprint density at radius 3 is 2.89 bits per heavy atom. The van der Waals surface area contributed by atoms with Crippen molar-refractivity contribution in [1.29, 1.82) is 0 Å². The monoisotopic (exact) mass is 262 g/mol. The number of hydrogen-bond acceptors (Lipinski definition) is 4. The van der Waals surface area contributed by atoms with E-state index in [1.165, 1.54) is 0 Å². The van der Waals surface area contributed by atoms with Gasteiger partial charge in [0.1, 0.15) is 5.82 Å². The Morgan fingerprint density at radius 1 is 1.37 bits per heavy atom. The molecule has 1 N–H and O–H groups in total. The van der Waals surface area contributed by atoms with Gasteiger partial charge in [0.25, 0.3) is 5.91 Å². The standard InChI is InChI=1S/C14H22N4O/c1-10(2)13-12(9-16-11(3)17-13)14(19)18-7-4-5-15-6-8-18/h9-10,15H,4-8H2,1-3H3. The minimum Gasteiger partial charge on any atom is -0.337 e. The van der Waals surface area contributed by atoms with Crippen LogP contribution >= 0.6 is 0 Å². The molecule has 104 valence electrons. The van der Waals surface area contributed by atoms with Gasteiger partial charge in [0.15, 0.2) is 0 Å². The normalized spacial score (nSPS) is 16.5. The van der Waals surface area contributed by atoms with E-state index in [0.717, 1.165) is 44.1 Å². The summed E-state index contributed by atoms with van der Waals surface area (Å²) >= 11 is 0. The van der Waals surface area contributed by atoms with Gasteiger partial charge >= 0.3 is 0 Å². The Hall–Kier alpha value is -1.49. The molecular weight excluding hydrogens is 240 g/mol. The molecule has 0 aromatic carbocycles. The summed E-state index contributed by atoms with van der Waals surface area (Å²) < 4.78 is 0. The molecule has 0 aliphatic carbocycles. The molecule has 5 nitrogen and oxygen atoms in total. The van der Waals surface area contributed by atoms with Crippen LogP contribution in [0.4, 0.5) is 0 Å². The van der Waals surface area contributed by atoms with Crippen molar-refractivity contribution in [3.05, 3.63) is 23.3 Å². The summed E-state index contributed by atoms with van der Waals surface area (Å²) in [4.78, 5) is 23.1. The van der Waals surface area contributed by atoms with E-state index in [0.29, 0.717) is 5.56 Å². The van der Waals surface area contributed by atoms with Gasteiger partial charge in [-0.25, -0.2) is 9.97 Å². The third-order valence-corrected chi connectivity index (χ3v) is 3.34. The number of carbonyl (C=O) groups excluding carboxylic acids is 1. The second-order valence-electron chi connectivity index (χ2n) is 5.27. The maximum Gasteiger partial charge on any atom is 0.257 e. The second-order valence-corrected chi connectivity index (χ2v) is 5.27. The van der Waals surface area contributed by atoms with Crippen LogP contribution in [0.3, 0.4) is 0 Å². The highest BCUT2D eigenvalue weighted by Crippen LogP contribution is 2.18. The first-order chi connectivity index (χ1) is 9.09. The summed E-state index contributed by atoms with van der Waals surface area (Å²) in [6, 6.07) is 0. The molecule has 1 fully saturated rings. The zero-order chi connectivity index (χ0) is 13.8. The van der Waals surface area contributed by atoms with Crippen molar-refractivity contribution in [2.45, 2.75) is 33.1 Å². The minimum absolute atomic E-state index is 0.0624. The molecule has 2 heterocycles. The number of aromatic nitrogens is 2. The number of carbonyl (C=O) groups is 1. The molecule has 0 spiro atoms. The highest BCUT2D eigenvalue weighted by molar-refractivity contribution is 5.95. The van der Waals surface area contributed by atoms with E-state index in [4.69, 9.17) is 0 Å². The number of nitrogens with one attached hydrogen (secondary N) is 1. The van der Waals surface area contributed by atoms with Crippen molar-refractivity contribution in [1.82, 2.24) is 20.2 Å². The zero-order valence-corrected chi connectivity index (χ0v) is 11.9. The number of rotatable bonds is 2. The van der Waals surface area contributed by atoms with Crippen molar-refractivity contribution >= 4 is 5.91 Å². The number of amides is 1. The van der Waals surface area contributed by atoms with Gasteiger partial charge in [0.05, 0.1) is 11.3 Å². The van der Waals surface area contributed by atoms with Crippen LogP contribution in [0.1, 0.15) is 48.1 Å². The third-order valence-electron chi connectivity index (χ3n) is 3.34. The SMILES string of the molecule is Cc1ncc(C(=O)N2CCCNCC2)c(C(C)C)n1. The molecule has 0 radical (unpaired) electrons. The smallest absolute Gasteiger partial charge is 0.257 e. The Morgan fingerprint density at radius 2 is 2.16 bits per heavy atom. The summed E-state index contributed by atoms with van der Waals surface area (Å²) in [7, 11) is 0. The Kier molecular flexibility index (Phi) is 4.47.